The lowest BCUT2D eigenvalue weighted by Gasteiger charge is -2.08. The predicted molar refractivity (Wildman–Crippen MR) is 99.6 cm³/mol. The van der Waals surface area contributed by atoms with Crippen LogP contribution < -0.4 is 14.8 Å². The molecule has 2 heterocycles. The summed E-state index contributed by atoms with van der Waals surface area (Å²) in [6.07, 6.45) is 0.897. The second-order valence-corrected chi connectivity index (χ2v) is 5.99. The zero-order valence-corrected chi connectivity index (χ0v) is 15.5. The molecule has 7 nitrogen and oxygen atoms in total. The van der Waals surface area contributed by atoms with Crippen LogP contribution >= 0.6 is 0 Å². The normalized spacial score (nSPS) is 11.6. The molecule has 0 spiro atoms. The van der Waals surface area contributed by atoms with Crippen molar-refractivity contribution < 1.29 is 18.3 Å². The molecule has 0 saturated heterocycles. The number of hydrogen-bond donors (Lipinski definition) is 1. The molecule has 140 valence electrons. The van der Waals surface area contributed by atoms with E-state index in [1.807, 2.05) is 44.2 Å². The maximum Gasteiger partial charge on any atom is 0.266 e. The second kappa shape index (κ2) is 8.32. The van der Waals surface area contributed by atoms with Crippen molar-refractivity contribution in [3.63, 3.8) is 0 Å². The van der Waals surface area contributed by atoms with Gasteiger partial charge in [0, 0.05) is 6.04 Å². The van der Waals surface area contributed by atoms with E-state index in [0.29, 0.717) is 23.2 Å². The summed E-state index contributed by atoms with van der Waals surface area (Å²) in [6, 6.07) is 13.0. The standard InChI is InChI=1S/C20H21N3O4/c1-4-13(2)22-19-17(11-21)23-20(27-19)18-10-9-16(26-18)12-25-15-7-5-14(24-3)6-8-15/h5-10,13,22H,4,12H2,1-3H3/t13-/m0/s1. The van der Waals surface area contributed by atoms with Gasteiger partial charge in [-0.15, -0.1) is 0 Å². The number of nitrogens with zero attached hydrogens (tertiary/aromatic N) is 2. The van der Waals surface area contributed by atoms with Crippen molar-refractivity contribution in [3.8, 4) is 29.2 Å². The van der Waals surface area contributed by atoms with E-state index in [9.17, 15) is 5.26 Å². The first-order valence-electron chi connectivity index (χ1n) is 8.66. The minimum Gasteiger partial charge on any atom is -0.497 e. The van der Waals surface area contributed by atoms with Gasteiger partial charge in [-0.05, 0) is 49.7 Å². The third kappa shape index (κ3) is 4.42. The first kappa shape index (κ1) is 18.4. The predicted octanol–water partition coefficient (Wildman–Crippen LogP) is 4.60. The average Bonchev–Trinajstić information content (AvgIpc) is 3.33. The van der Waals surface area contributed by atoms with Crippen molar-refractivity contribution in [3.05, 3.63) is 47.9 Å². The first-order valence-corrected chi connectivity index (χ1v) is 8.66. The number of benzene rings is 1. The smallest absolute Gasteiger partial charge is 0.266 e. The molecule has 3 aromatic rings. The molecule has 0 fully saturated rings. The fourth-order valence-electron chi connectivity index (χ4n) is 2.32. The van der Waals surface area contributed by atoms with Gasteiger partial charge in [-0.3, -0.25) is 0 Å². The molecule has 0 unspecified atom stereocenters. The molecule has 1 atom stereocenters. The van der Waals surface area contributed by atoms with Crippen molar-refractivity contribution in [1.82, 2.24) is 4.98 Å². The van der Waals surface area contributed by atoms with Crippen LogP contribution in [-0.2, 0) is 6.61 Å². The summed E-state index contributed by atoms with van der Waals surface area (Å²) in [7, 11) is 1.62. The van der Waals surface area contributed by atoms with Gasteiger partial charge in [0.1, 0.15) is 29.9 Å². The van der Waals surface area contributed by atoms with Gasteiger partial charge < -0.3 is 23.6 Å². The van der Waals surface area contributed by atoms with Crippen LogP contribution in [0.15, 0.2) is 45.2 Å². The number of methoxy groups -OCH3 is 1. The van der Waals surface area contributed by atoms with Crippen LogP contribution in [0.3, 0.4) is 0 Å². The highest BCUT2D eigenvalue weighted by Crippen LogP contribution is 2.28. The van der Waals surface area contributed by atoms with Crippen LogP contribution in [0.2, 0.25) is 0 Å². The Bertz CT molecular complexity index is 922. The molecular weight excluding hydrogens is 346 g/mol. The van der Waals surface area contributed by atoms with Crippen molar-refractivity contribution in [1.29, 1.82) is 5.26 Å². The maximum atomic E-state index is 9.25. The van der Waals surface area contributed by atoms with Crippen LogP contribution in [-0.4, -0.2) is 18.1 Å². The molecule has 0 radical (unpaired) electrons. The van der Waals surface area contributed by atoms with Crippen LogP contribution in [0.1, 0.15) is 31.7 Å². The monoisotopic (exact) mass is 367 g/mol. The number of oxazole rings is 1. The summed E-state index contributed by atoms with van der Waals surface area (Å²) in [5.41, 5.74) is 0.206. The summed E-state index contributed by atoms with van der Waals surface area (Å²) < 4.78 is 22.2. The van der Waals surface area contributed by atoms with E-state index < -0.39 is 0 Å². The zero-order valence-electron chi connectivity index (χ0n) is 15.5. The fraction of sp³-hybridized carbons (Fsp3) is 0.300. The number of anilines is 1. The Kier molecular flexibility index (Phi) is 5.67. The molecule has 27 heavy (non-hydrogen) atoms. The minimum atomic E-state index is 0.169. The number of rotatable bonds is 8. The highest BCUT2D eigenvalue weighted by atomic mass is 16.5. The molecule has 0 aliphatic rings. The summed E-state index contributed by atoms with van der Waals surface area (Å²) in [6.45, 7) is 4.31. The summed E-state index contributed by atoms with van der Waals surface area (Å²) in [4.78, 5) is 4.20. The molecule has 1 aromatic carbocycles. The Morgan fingerprint density at radius 1 is 1.15 bits per heavy atom. The molecular formula is C20H21N3O4. The van der Waals surface area contributed by atoms with Crippen molar-refractivity contribution in [2.24, 2.45) is 0 Å². The number of aromatic nitrogens is 1. The molecule has 3 rings (SSSR count). The minimum absolute atomic E-state index is 0.169. The van der Waals surface area contributed by atoms with Gasteiger partial charge in [-0.1, -0.05) is 6.92 Å². The molecule has 0 aliphatic heterocycles. The number of hydrogen-bond acceptors (Lipinski definition) is 7. The van der Waals surface area contributed by atoms with Gasteiger partial charge in [0.05, 0.1) is 7.11 Å². The summed E-state index contributed by atoms with van der Waals surface area (Å²) >= 11 is 0. The van der Waals surface area contributed by atoms with Gasteiger partial charge in [-0.2, -0.15) is 10.2 Å². The molecule has 1 N–H and O–H groups in total. The van der Waals surface area contributed by atoms with Gasteiger partial charge in [0.15, 0.2) is 5.76 Å². The molecule has 2 aromatic heterocycles. The Morgan fingerprint density at radius 2 is 1.89 bits per heavy atom. The van der Waals surface area contributed by atoms with Crippen molar-refractivity contribution in [2.75, 3.05) is 12.4 Å². The zero-order chi connectivity index (χ0) is 19.2. The maximum absolute atomic E-state index is 9.25. The van der Waals surface area contributed by atoms with E-state index in [2.05, 4.69) is 10.3 Å². The Labute approximate surface area is 157 Å². The number of ether oxygens (including phenoxy) is 2. The van der Waals surface area contributed by atoms with Gasteiger partial charge in [0.2, 0.25) is 11.6 Å². The molecule has 7 heteroatoms. The highest BCUT2D eigenvalue weighted by Gasteiger charge is 2.18. The SMILES string of the molecule is CC[C@H](C)Nc1oc(-c2ccc(COc3ccc(OC)cc3)o2)nc1C#N. The third-order valence-electron chi connectivity index (χ3n) is 4.04. The lowest BCUT2D eigenvalue weighted by atomic mass is 10.2. The summed E-state index contributed by atoms with van der Waals surface area (Å²) in [5.74, 6) is 3.15. The first-order chi connectivity index (χ1) is 13.1. The van der Waals surface area contributed by atoms with E-state index in [1.54, 1.807) is 19.2 Å². The van der Waals surface area contributed by atoms with E-state index in [0.717, 1.165) is 12.2 Å². The van der Waals surface area contributed by atoms with Gasteiger partial charge in [-0.25, -0.2) is 0 Å². The van der Waals surface area contributed by atoms with E-state index >= 15 is 0 Å². The average molecular weight is 367 g/mol. The quantitative estimate of drug-likeness (QED) is 0.621. The number of nitriles is 1. The Balaban J connectivity index is 1.68. The van der Waals surface area contributed by atoms with Gasteiger partial charge >= 0.3 is 0 Å². The largest absolute Gasteiger partial charge is 0.497 e. The van der Waals surface area contributed by atoms with E-state index in [4.69, 9.17) is 18.3 Å². The van der Waals surface area contributed by atoms with E-state index in [1.165, 1.54) is 0 Å². The van der Waals surface area contributed by atoms with Crippen LogP contribution in [0, 0.1) is 11.3 Å². The Hall–Kier alpha value is -3.40. The lowest BCUT2D eigenvalue weighted by Crippen LogP contribution is -2.13. The highest BCUT2D eigenvalue weighted by molar-refractivity contribution is 5.54. The lowest BCUT2D eigenvalue weighted by molar-refractivity contribution is 0.270. The molecule has 0 aliphatic carbocycles. The second-order valence-electron chi connectivity index (χ2n) is 5.99. The molecule has 0 amide bonds. The number of nitrogens with one attached hydrogen (secondary N) is 1. The van der Waals surface area contributed by atoms with Gasteiger partial charge in [0.25, 0.3) is 5.89 Å². The van der Waals surface area contributed by atoms with Crippen LogP contribution in [0.4, 0.5) is 5.88 Å². The summed E-state index contributed by atoms with van der Waals surface area (Å²) in [5, 5.41) is 12.4. The topological polar surface area (TPSA) is 93.5 Å². The van der Waals surface area contributed by atoms with Crippen LogP contribution in [0.5, 0.6) is 11.5 Å². The van der Waals surface area contributed by atoms with Crippen molar-refractivity contribution in [2.45, 2.75) is 32.9 Å². The van der Waals surface area contributed by atoms with E-state index in [-0.39, 0.29) is 24.2 Å². The third-order valence-corrected chi connectivity index (χ3v) is 4.04. The Morgan fingerprint density at radius 3 is 2.56 bits per heavy atom. The fourth-order valence-corrected chi connectivity index (χ4v) is 2.32. The molecule has 0 bridgehead atoms. The molecule has 0 saturated carbocycles. The number of furan rings is 1. The van der Waals surface area contributed by atoms with Crippen molar-refractivity contribution >= 4 is 5.88 Å². The van der Waals surface area contributed by atoms with Crippen LogP contribution in [0.25, 0.3) is 11.7 Å².